The summed E-state index contributed by atoms with van der Waals surface area (Å²) in [6, 6.07) is 7.04. The zero-order valence-electron chi connectivity index (χ0n) is 17.4. The number of nitrogens with zero attached hydrogens (tertiary/aromatic N) is 1. The molecule has 2 aliphatic rings. The largest absolute Gasteiger partial charge is 0.452 e. The number of rotatable bonds is 9. The molecular weight excluding hydrogens is 400 g/mol. The van der Waals surface area contributed by atoms with E-state index >= 15 is 0 Å². The molecule has 3 rings (SSSR count). The smallest absolute Gasteiger partial charge is 0.339 e. The summed E-state index contributed by atoms with van der Waals surface area (Å²) in [4.78, 5) is 39.3. The minimum atomic E-state index is -0.545. The molecule has 1 N–H and O–H groups in total. The van der Waals surface area contributed by atoms with Crippen molar-refractivity contribution in [1.82, 2.24) is 10.2 Å². The number of thioether (sulfide) groups is 1. The van der Waals surface area contributed by atoms with Gasteiger partial charge in [-0.05, 0) is 57.1 Å². The molecule has 0 aromatic heterocycles. The SMILES string of the molecule is O=C(COC(=O)c1ccccc1SCC(=O)N1CCCC1)NCCC1=CCCCC1. The lowest BCUT2D eigenvalue weighted by atomic mass is 9.97. The van der Waals surface area contributed by atoms with Gasteiger partial charge in [0.2, 0.25) is 5.91 Å². The number of likely N-dealkylation sites (tertiary alicyclic amines) is 1. The van der Waals surface area contributed by atoms with Crippen LogP contribution in [0, 0.1) is 0 Å². The molecule has 0 radical (unpaired) electrons. The van der Waals surface area contributed by atoms with Crippen LogP contribution in [-0.4, -0.2) is 54.7 Å². The van der Waals surface area contributed by atoms with Crippen molar-refractivity contribution in [1.29, 1.82) is 0 Å². The monoisotopic (exact) mass is 430 g/mol. The summed E-state index contributed by atoms with van der Waals surface area (Å²) in [7, 11) is 0. The Morgan fingerprint density at radius 1 is 1.07 bits per heavy atom. The van der Waals surface area contributed by atoms with Gasteiger partial charge in [0.05, 0.1) is 11.3 Å². The second-order valence-corrected chi connectivity index (χ2v) is 8.67. The van der Waals surface area contributed by atoms with Gasteiger partial charge in [-0.2, -0.15) is 0 Å². The van der Waals surface area contributed by atoms with E-state index in [1.165, 1.54) is 30.2 Å². The van der Waals surface area contributed by atoms with E-state index in [1.807, 2.05) is 11.0 Å². The van der Waals surface area contributed by atoms with Crippen molar-refractivity contribution >= 4 is 29.5 Å². The van der Waals surface area contributed by atoms with Gasteiger partial charge >= 0.3 is 5.97 Å². The zero-order chi connectivity index (χ0) is 21.2. The molecule has 1 aliphatic carbocycles. The van der Waals surface area contributed by atoms with Gasteiger partial charge in [0.25, 0.3) is 5.91 Å². The Labute approximate surface area is 182 Å². The molecule has 1 saturated heterocycles. The lowest BCUT2D eigenvalue weighted by Gasteiger charge is -2.15. The average Bonchev–Trinajstić information content (AvgIpc) is 3.32. The summed E-state index contributed by atoms with van der Waals surface area (Å²) >= 11 is 1.34. The first-order valence-electron chi connectivity index (χ1n) is 10.7. The van der Waals surface area contributed by atoms with Gasteiger partial charge in [0, 0.05) is 24.5 Å². The van der Waals surface area contributed by atoms with E-state index in [0.717, 1.165) is 45.2 Å². The molecule has 1 aromatic carbocycles. The number of carbonyl (C=O) groups is 3. The van der Waals surface area contributed by atoms with Crippen LogP contribution in [0.1, 0.15) is 55.3 Å². The molecule has 0 atom stereocenters. The second kappa shape index (κ2) is 11.8. The van der Waals surface area contributed by atoms with E-state index in [9.17, 15) is 14.4 Å². The Hall–Kier alpha value is -2.28. The molecule has 0 spiro atoms. The van der Waals surface area contributed by atoms with Crippen LogP contribution in [0.25, 0.3) is 0 Å². The molecule has 6 nitrogen and oxygen atoms in total. The molecule has 1 heterocycles. The summed E-state index contributed by atoms with van der Waals surface area (Å²) < 4.78 is 5.21. The fourth-order valence-electron chi connectivity index (χ4n) is 3.71. The van der Waals surface area contributed by atoms with Gasteiger partial charge in [-0.25, -0.2) is 4.79 Å². The van der Waals surface area contributed by atoms with Crippen molar-refractivity contribution in [2.45, 2.75) is 49.8 Å². The van der Waals surface area contributed by atoms with Gasteiger partial charge in [-0.1, -0.05) is 23.8 Å². The highest BCUT2D eigenvalue weighted by molar-refractivity contribution is 8.00. The Bertz CT molecular complexity index is 787. The van der Waals surface area contributed by atoms with Gasteiger partial charge in [0.1, 0.15) is 0 Å². The molecule has 1 aromatic rings. The maximum atomic E-state index is 12.5. The number of carbonyl (C=O) groups excluding carboxylic acids is 3. The topological polar surface area (TPSA) is 75.7 Å². The highest BCUT2D eigenvalue weighted by atomic mass is 32.2. The molecule has 0 saturated carbocycles. The third-order valence-corrected chi connectivity index (χ3v) is 6.46. The van der Waals surface area contributed by atoms with Gasteiger partial charge in [-0.3, -0.25) is 9.59 Å². The molecule has 1 fully saturated rings. The minimum Gasteiger partial charge on any atom is -0.452 e. The first kappa shape index (κ1) is 22.4. The molecule has 0 unspecified atom stereocenters. The van der Waals surface area contributed by atoms with Crippen LogP contribution < -0.4 is 5.32 Å². The highest BCUT2D eigenvalue weighted by Crippen LogP contribution is 2.24. The number of esters is 1. The lowest BCUT2D eigenvalue weighted by molar-refractivity contribution is -0.127. The van der Waals surface area contributed by atoms with E-state index < -0.39 is 5.97 Å². The predicted octanol–water partition coefficient (Wildman–Crippen LogP) is 3.56. The average molecular weight is 431 g/mol. The van der Waals surface area contributed by atoms with Crippen molar-refractivity contribution in [3.8, 4) is 0 Å². The molecular formula is C23H30N2O4S. The van der Waals surface area contributed by atoms with Gasteiger partial charge in [-0.15, -0.1) is 11.8 Å². The number of ether oxygens (including phenoxy) is 1. The molecule has 162 valence electrons. The summed E-state index contributed by atoms with van der Waals surface area (Å²) in [5.41, 5.74) is 1.78. The zero-order valence-corrected chi connectivity index (χ0v) is 18.2. The lowest BCUT2D eigenvalue weighted by Crippen LogP contribution is -2.30. The Morgan fingerprint density at radius 3 is 2.63 bits per heavy atom. The van der Waals surface area contributed by atoms with E-state index in [2.05, 4.69) is 11.4 Å². The molecule has 2 amide bonds. The fraction of sp³-hybridized carbons (Fsp3) is 0.522. The standard InChI is InChI=1S/C23H30N2O4S/c26-21(24-13-12-18-8-2-1-3-9-18)16-29-23(28)19-10-4-5-11-20(19)30-17-22(27)25-14-6-7-15-25/h4-5,8,10-11H,1-3,6-7,9,12-17H2,(H,24,26). The molecule has 7 heteroatoms. The van der Waals surface area contributed by atoms with Crippen LogP contribution in [0.15, 0.2) is 40.8 Å². The van der Waals surface area contributed by atoms with Crippen molar-refractivity contribution in [3.05, 3.63) is 41.5 Å². The quantitative estimate of drug-likeness (QED) is 0.368. The number of hydrogen-bond donors (Lipinski definition) is 1. The predicted molar refractivity (Wildman–Crippen MR) is 117 cm³/mol. The van der Waals surface area contributed by atoms with E-state index in [4.69, 9.17) is 4.74 Å². The summed E-state index contributed by atoms with van der Waals surface area (Å²) in [5.74, 6) is -0.459. The number of benzene rings is 1. The Kier molecular flexibility index (Phi) is 8.81. The van der Waals surface area contributed by atoms with Gasteiger partial charge < -0.3 is 15.0 Å². The van der Waals surface area contributed by atoms with Crippen LogP contribution >= 0.6 is 11.8 Å². The third-order valence-electron chi connectivity index (χ3n) is 5.40. The van der Waals surface area contributed by atoms with Crippen LogP contribution in [0.3, 0.4) is 0 Å². The highest BCUT2D eigenvalue weighted by Gasteiger charge is 2.20. The number of amides is 2. The van der Waals surface area contributed by atoms with Crippen molar-refractivity contribution in [3.63, 3.8) is 0 Å². The number of hydrogen-bond acceptors (Lipinski definition) is 5. The maximum absolute atomic E-state index is 12.5. The van der Waals surface area contributed by atoms with Crippen molar-refractivity contribution < 1.29 is 19.1 Å². The normalized spacial score (nSPS) is 16.1. The molecule has 0 bridgehead atoms. The first-order chi connectivity index (χ1) is 14.6. The summed E-state index contributed by atoms with van der Waals surface area (Å²) in [6.07, 6.45) is 9.93. The Morgan fingerprint density at radius 2 is 1.87 bits per heavy atom. The number of allylic oxidation sites excluding steroid dienone is 1. The van der Waals surface area contributed by atoms with Gasteiger partial charge in [0.15, 0.2) is 6.61 Å². The molecule has 30 heavy (non-hydrogen) atoms. The van der Waals surface area contributed by atoms with E-state index in [1.54, 1.807) is 18.2 Å². The number of nitrogens with one attached hydrogen (secondary N) is 1. The summed E-state index contributed by atoms with van der Waals surface area (Å²) in [5, 5.41) is 2.81. The van der Waals surface area contributed by atoms with Crippen molar-refractivity contribution in [2.24, 2.45) is 0 Å². The second-order valence-electron chi connectivity index (χ2n) is 7.66. The summed E-state index contributed by atoms with van der Waals surface area (Å²) in [6.45, 7) is 1.89. The maximum Gasteiger partial charge on any atom is 0.339 e. The Balaban J connectivity index is 1.42. The minimum absolute atomic E-state index is 0.0909. The third kappa shape index (κ3) is 6.90. The first-order valence-corrected chi connectivity index (χ1v) is 11.7. The molecule has 1 aliphatic heterocycles. The fourth-order valence-corrected chi connectivity index (χ4v) is 4.66. The van der Waals surface area contributed by atoms with E-state index in [-0.39, 0.29) is 18.4 Å². The van der Waals surface area contributed by atoms with Crippen LogP contribution in [0.5, 0.6) is 0 Å². The van der Waals surface area contributed by atoms with E-state index in [0.29, 0.717) is 22.8 Å². The van der Waals surface area contributed by atoms with Crippen LogP contribution in [0.4, 0.5) is 0 Å². The van der Waals surface area contributed by atoms with Crippen LogP contribution in [0.2, 0.25) is 0 Å². The van der Waals surface area contributed by atoms with Crippen molar-refractivity contribution in [2.75, 3.05) is 32.0 Å². The van der Waals surface area contributed by atoms with Crippen LogP contribution in [-0.2, 0) is 14.3 Å².